The van der Waals surface area contributed by atoms with Crippen molar-refractivity contribution < 1.29 is 12.8 Å². The van der Waals surface area contributed by atoms with Gasteiger partial charge in [-0.15, -0.1) is 0 Å². The lowest BCUT2D eigenvalue weighted by atomic mass is 10.4. The molecule has 1 fully saturated rings. The van der Waals surface area contributed by atoms with Gasteiger partial charge in [0.2, 0.25) is 10.0 Å². The molecule has 2 rings (SSSR count). The number of rotatable bonds is 4. The SMILES string of the molecule is CCN(C1CC1)S(=O)(=O)c1ccccc1F. The number of nitrogens with zero attached hydrogens (tertiary/aromatic N) is 1. The number of benzene rings is 1. The van der Waals surface area contributed by atoms with E-state index in [2.05, 4.69) is 0 Å². The van der Waals surface area contributed by atoms with Crippen LogP contribution in [0.5, 0.6) is 0 Å². The van der Waals surface area contributed by atoms with E-state index < -0.39 is 15.8 Å². The van der Waals surface area contributed by atoms with Crippen molar-refractivity contribution in [3.8, 4) is 0 Å². The summed E-state index contributed by atoms with van der Waals surface area (Å²) in [5.74, 6) is -0.679. The van der Waals surface area contributed by atoms with E-state index >= 15 is 0 Å². The highest BCUT2D eigenvalue weighted by molar-refractivity contribution is 7.89. The van der Waals surface area contributed by atoms with Crippen LogP contribution in [0.25, 0.3) is 0 Å². The molecule has 0 bridgehead atoms. The predicted octanol–water partition coefficient (Wildman–Crippen LogP) is 2.00. The van der Waals surface area contributed by atoms with E-state index in [-0.39, 0.29) is 10.9 Å². The smallest absolute Gasteiger partial charge is 0.207 e. The normalized spacial score (nSPS) is 16.7. The van der Waals surface area contributed by atoms with Gasteiger partial charge in [-0.1, -0.05) is 19.1 Å². The Morgan fingerprint density at radius 2 is 2.00 bits per heavy atom. The highest BCUT2D eigenvalue weighted by Crippen LogP contribution is 2.32. The summed E-state index contributed by atoms with van der Waals surface area (Å²) in [6.45, 7) is 2.16. The third-order valence-corrected chi connectivity index (χ3v) is 4.75. The molecule has 0 heterocycles. The maximum Gasteiger partial charge on any atom is 0.246 e. The zero-order chi connectivity index (χ0) is 11.8. The van der Waals surface area contributed by atoms with Crippen molar-refractivity contribution >= 4 is 10.0 Å². The second-order valence-corrected chi connectivity index (χ2v) is 5.73. The van der Waals surface area contributed by atoms with E-state index in [0.29, 0.717) is 6.54 Å². The van der Waals surface area contributed by atoms with Crippen LogP contribution >= 0.6 is 0 Å². The van der Waals surface area contributed by atoms with E-state index in [1.54, 1.807) is 6.92 Å². The molecule has 16 heavy (non-hydrogen) atoms. The monoisotopic (exact) mass is 243 g/mol. The highest BCUT2D eigenvalue weighted by Gasteiger charge is 2.37. The summed E-state index contributed by atoms with van der Waals surface area (Å²) >= 11 is 0. The van der Waals surface area contributed by atoms with Crippen LogP contribution in [0.15, 0.2) is 29.2 Å². The molecule has 0 radical (unpaired) electrons. The van der Waals surface area contributed by atoms with E-state index in [9.17, 15) is 12.8 Å². The van der Waals surface area contributed by atoms with Gasteiger partial charge in [-0.2, -0.15) is 4.31 Å². The largest absolute Gasteiger partial charge is 0.246 e. The van der Waals surface area contributed by atoms with Crippen molar-refractivity contribution in [2.45, 2.75) is 30.7 Å². The lowest BCUT2D eigenvalue weighted by molar-refractivity contribution is 0.417. The Kier molecular flexibility index (Phi) is 2.99. The molecular formula is C11H14FNO2S. The molecule has 0 spiro atoms. The first-order chi connectivity index (χ1) is 7.57. The molecule has 5 heteroatoms. The molecule has 1 aliphatic rings. The molecule has 0 unspecified atom stereocenters. The standard InChI is InChI=1S/C11H14FNO2S/c1-2-13(9-7-8-9)16(14,15)11-6-4-3-5-10(11)12/h3-6,9H,2,7-8H2,1H3. The van der Waals surface area contributed by atoms with Crippen LogP contribution in [0.4, 0.5) is 4.39 Å². The molecule has 1 aromatic carbocycles. The highest BCUT2D eigenvalue weighted by atomic mass is 32.2. The van der Waals surface area contributed by atoms with Crippen LogP contribution in [0.3, 0.4) is 0 Å². The average molecular weight is 243 g/mol. The quantitative estimate of drug-likeness (QED) is 0.811. The van der Waals surface area contributed by atoms with Gasteiger partial charge in [0, 0.05) is 12.6 Å². The Morgan fingerprint density at radius 1 is 1.38 bits per heavy atom. The van der Waals surface area contributed by atoms with Crippen LogP contribution in [-0.4, -0.2) is 25.3 Å². The first kappa shape index (κ1) is 11.5. The van der Waals surface area contributed by atoms with Crippen molar-refractivity contribution in [2.24, 2.45) is 0 Å². The molecule has 0 amide bonds. The van der Waals surface area contributed by atoms with E-state index in [1.807, 2.05) is 0 Å². The fourth-order valence-electron chi connectivity index (χ4n) is 1.77. The second kappa shape index (κ2) is 4.14. The minimum Gasteiger partial charge on any atom is -0.207 e. The second-order valence-electron chi connectivity index (χ2n) is 3.87. The van der Waals surface area contributed by atoms with Gasteiger partial charge in [0.15, 0.2) is 0 Å². The number of hydrogen-bond acceptors (Lipinski definition) is 2. The van der Waals surface area contributed by atoms with Gasteiger partial charge >= 0.3 is 0 Å². The summed E-state index contributed by atoms with van der Waals surface area (Å²) in [6.07, 6.45) is 1.75. The Bertz CT molecular complexity index is 483. The van der Waals surface area contributed by atoms with Crippen molar-refractivity contribution in [3.63, 3.8) is 0 Å². The van der Waals surface area contributed by atoms with Gasteiger partial charge in [0.1, 0.15) is 10.7 Å². The Hall–Kier alpha value is -0.940. The molecular weight excluding hydrogens is 229 g/mol. The summed E-state index contributed by atoms with van der Waals surface area (Å²) in [4.78, 5) is -0.219. The number of halogens is 1. The lowest BCUT2D eigenvalue weighted by Crippen LogP contribution is -2.33. The topological polar surface area (TPSA) is 37.4 Å². The minimum absolute atomic E-state index is 0.0645. The Labute approximate surface area is 94.9 Å². The number of sulfonamides is 1. The van der Waals surface area contributed by atoms with Crippen molar-refractivity contribution in [3.05, 3.63) is 30.1 Å². The maximum atomic E-state index is 13.5. The molecule has 0 N–H and O–H groups in total. The fourth-order valence-corrected chi connectivity index (χ4v) is 3.53. The van der Waals surface area contributed by atoms with E-state index in [1.165, 1.54) is 28.6 Å². The van der Waals surface area contributed by atoms with Gasteiger partial charge in [-0.05, 0) is 25.0 Å². The van der Waals surface area contributed by atoms with E-state index in [4.69, 9.17) is 0 Å². The molecule has 1 aromatic rings. The lowest BCUT2D eigenvalue weighted by Gasteiger charge is -2.20. The Balaban J connectivity index is 2.41. The molecule has 0 atom stereocenters. The molecule has 3 nitrogen and oxygen atoms in total. The van der Waals surface area contributed by atoms with Crippen LogP contribution in [0.2, 0.25) is 0 Å². The third-order valence-electron chi connectivity index (χ3n) is 2.69. The summed E-state index contributed by atoms with van der Waals surface area (Å²) in [5, 5.41) is 0. The van der Waals surface area contributed by atoms with Crippen molar-refractivity contribution in [2.75, 3.05) is 6.54 Å². The Morgan fingerprint density at radius 3 is 2.50 bits per heavy atom. The van der Waals surface area contributed by atoms with E-state index in [0.717, 1.165) is 12.8 Å². The third kappa shape index (κ3) is 1.97. The molecule has 1 saturated carbocycles. The summed E-state index contributed by atoms with van der Waals surface area (Å²) in [7, 11) is -3.66. The fraction of sp³-hybridized carbons (Fsp3) is 0.455. The predicted molar refractivity (Wildman–Crippen MR) is 59.0 cm³/mol. The van der Waals surface area contributed by atoms with Crippen molar-refractivity contribution in [1.29, 1.82) is 0 Å². The zero-order valence-corrected chi connectivity index (χ0v) is 9.87. The molecule has 0 aliphatic heterocycles. The molecule has 1 aliphatic carbocycles. The minimum atomic E-state index is -3.66. The van der Waals surface area contributed by atoms with Gasteiger partial charge in [-0.3, -0.25) is 0 Å². The number of hydrogen-bond donors (Lipinski definition) is 0. The van der Waals surface area contributed by atoms with Crippen LogP contribution in [0.1, 0.15) is 19.8 Å². The summed E-state index contributed by atoms with van der Waals surface area (Å²) in [6, 6.07) is 5.58. The van der Waals surface area contributed by atoms with Crippen LogP contribution in [-0.2, 0) is 10.0 Å². The average Bonchev–Trinajstić information content (AvgIpc) is 3.03. The van der Waals surface area contributed by atoms with Gasteiger partial charge < -0.3 is 0 Å². The molecule has 0 saturated heterocycles. The van der Waals surface area contributed by atoms with Gasteiger partial charge in [-0.25, -0.2) is 12.8 Å². The summed E-state index contributed by atoms with van der Waals surface area (Å²) < 4.78 is 39.1. The van der Waals surface area contributed by atoms with Crippen LogP contribution in [0, 0.1) is 5.82 Å². The van der Waals surface area contributed by atoms with Crippen molar-refractivity contribution in [1.82, 2.24) is 4.31 Å². The van der Waals surface area contributed by atoms with Gasteiger partial charge in [0.25, 0.3) is 0 Å². The first-order valence-corrected chi connectivity index (χ1v) is 6.77. The van der Waals surface area contributed by atoms with Gasteiger partial charge in [0.05, 0.1) is 0 Å². The van der Waals surface area contributed by atoms with Crippen LogP contribution < -0.4 is 0 Å². The zero-order valence-electron chi connectivity index (χ0n) is 9.06. The maximum absolute atomic E-state index is 13.5. The molecule has 0 aromatic heterocycles. The summed E-state index contributed by atoms with van der Waals surface area (Å²) in [5.41, 5.74) is 0. The first-order valence-electron chi connectivity index (χ1n) is 5.33. The molecule has 88 valence electrons.